The topological polar surface area (TPSA) is 71.1 Å². The summed E-state index contributed by atoms with van der Waals surface area (Å²) in [6.45, 7) is 0. The highest BCUT2D eigenvalue weighted by atomic mass is 19.4. The lowest BCUT2D eigenvalue weighted by molar-refractivity contribution is -0.144. The van der Waals surface area contributed by atoms with Gasteiger partial charge in [-0.1, -0.05) is 24.3 Å². The van der Waals surface area contributed by atoms with Gasteiger partial charge in [-0.25, -0.2) is 15.4 Å². The molecule has 32 heavy (non-hydrogen) atoms. The van der Waals surface area contributed by atoms with Gasteiger partial charge < -0.3 is 10.1 Å². The van der Waals surface area contributed by atoms with E-state index in [1.54, 1.807) is 31.4 Å². The Kier molecular flexibility index (Phi) is 5.38. The van der Waals surface area contributed by atoms with Gasteiger partial charge in [0.1, 0.15) is 11.6 Å². The fraction of sp³-hybridized carbons (Fsp3) is 0.391. The smallest absolute Gasteiger partial charge is 0.451 e. The van der Waals surface area contributed by atoms with E-state index in [9.17, 15) is 13.2 Å². The summed E-state index contributed by atoms with van der Waals surface area (Å²) < 4.78 is 45.3. The van der Waals surface area contributed by atoms with Gasteiger partial charge in [0, 0.05) is 17.5 Å². The lowest BCUT2D eigenvalue weighted by Gasteiger charge is -2.34. The van der Waals surface area contributed by atoms with Crippen LogP contribution in [0.1, 0.15) is 36.7 Å². The number of hydrogen-bond donors (Lipinski definition) is 3. The molecule has 2 fully saturated rings. The highest BCUT2D eigenvalue weighted by molar-refractivity contribution is 5.89. The van der Waals surface area contributed by atoms with Gasteiger partial charge in [0.05, 0.1) is 18.7 Å². The fourth-order valence-electron chi connectivity index (χ4n) is 4.84. The van der Waals surface area contributed by atoms with E-state index < -0.39 is 12.0 Å². The third kappa shape index (κ3) is 3.98. The van der Waals surface area contributed by atoms with Crippen molar-refractivity contribution >= 4 is 16.7 Å². The number of nitrogens with one attached hydrogen (secondary N) is 3. The van der Waals surface area contributed by atoms with Gasteiger partial charge in [-0.2, -0.15) is 13.2 Å². The predicted molar refractivity (Wildman–Crippen MR) is 115 cm³/mol. The number of para-hydroxylation sites is 1. The van der Waals surface area contributed by atoms with E-state index >= 15 is 0 Å². The maximum atomic E-state index is 13.4. The number of rotatable bonds is 4. The van der Waals surface area contributed by atoms with Crippen LogP contribution in [0.2, 0.25) is 0 Å². The molecule has 5 rings (SSSR count). The molecule has 0 spiro atoms. The first kappa shape index (κ1) is 21.0. The highest BCUT2D eigenvalue weighted by Gasteiger charge is 2.41. The molecule has 0 radical (unpaired) electrons. The molecular formula is C23H24F3N5O. The van der Waals surface area contributed by atoms with Crippen LogP contribution in [0.15, 0.2) is 48.5 Å². The highest BCUT2D eigenvalue weighted by Crippen LogP contribution is 2.40. The van der Waals surface area contributed by atoms with E-state index in [1.807, 2.05) is 24.3 Å². The minimum absolute atomic E-state index is 0.0121. The molecule has 9 heteroatoms. The van der Waals surface area contributed by atoms with Crippen molar-refractivity contribution in [1.29, 1.82) is 0 Å². The van der Waals surface area contributed by atoms with Crippen molar-refractivity contribution in [1.82, 2.24) is 20.8 Å². The van der Waals surface area contributed by atoms with Gasteiger partial charge in [-0.05, 0) is 55.0 Å². The third-order valence-corrected chi connectivity index (χ3v) is 6.42. The number of alkyl halides is 3. The largest absolute Gasteiger partial charge is 0.497 e. The molecule has 168 valence electrons. The van der Waals surface area contributed by atoms with E-state index in [0.29, 0.717) is 17.3 Å². The van der Waals surface area contributed by atoms with E-state index in [-0.39, 0.29) is 23.4 Å². The monoisotopic (exact) mass is 443 g/mol. The minimum atomic E-state index is -4.60. The summed E-state index contributed by atoms with van der Waals surface area (Å²) in [5.74, 6) is 0.222. The second kappa shape index (κ2) is 8.22. The number of anilines is 1. The Hall–Kier alpha value is -2.91. The van der Waals surface area contributed by atoms with Gasteiger partial charge >= 0.3 is 6.18 Å². The maximum Gasteiger partial charge on any atom is 0.451 e. The fourth-order valence-corrected chi connectivity index (χ4v) is 4.84. The number of hydrogen-bond acceptors (Lipinski definition) is 6. The molecule has 1 aliphatic heterocycles. The van der Waals surface area contributed by atoms with E-state index in [1.165, 1.54) is 0 Å². The summed E-state index contributed by atoms with van der Waals surface area (Å²) in [6.07, 6.45) is -2.04. The third-order valence-electron chi connectivity index (χ3n) is 6.42. The molecule has 1 saturated heterocycles. The van der Waals surface area contributed by atoms with Crippen molar-refractivity contribution in [2.24, 2.45) is 5.92 Å². The molecular weight excluding hydrogens is 419 g/mol. The molecule has 1 aliphatic carbocycles. The molecule has 1 aromatic heterocycles. The van der Waals surface area contributed by atoms with Crippen LogP contribution in [0.25, 0.3) is 10.9 Å². The van der Waals surface area contributed by atoms with Crippen LogP contribution in [0, 0.1) is 5.92 Å². The normalized spacial score (nSPS) is 25.5. The lowest BCUT2D eigenvalue weighted by Crippen LogP contribution is -2.39. The van der Waals surface area contributed by atoms with Crippen molar-refractivity contribution in [3.8, 4) is 5.75 Å². The summed E-state index contributed by atoms with van der Waals surface area (Å²) in [7, 11) is 1.64. The molecule has 3 N–H and O–H groups in total. The molecule has 1 saturated carbocycles. The van der Waals surface area contributed by atoms with Crippen LogP contribution >= 0.6 is 0 Å². The quantitative estimate of drug-likeness (QED) is 0.553. The Morgan fingerprint density at radius 1 is 1.00 bits per heavy atom. The molecule has 2 aromatic carbocycles. The van der Waals surface area contributed by atoms with Gasteiger partial charge in [0.2, 0.25) is 5.82 Å². The number of methoxy groups -OCH3 is 1. The van der Waals surface area contributed by atoms with Crippen LogP contribution in [0.4, 0.5) is 19.0 Å². The summed E-state index contributed by atoms with van der Waals surface area (Å²) in [6, 6.07) is 15.2. The second-order valence-electron chi connectivity index (χ2n) is 8.37. The molecule has 4 atom stereocenters. The molecule has 3 aromatic rings. The first-order chi connectivity index (χ1) is 15.4. The number of fused-ring (bicyclic) bond motifs is 2. The van der Waals surface area contributed by atoms with E-state index in [0.717, 1.165) is 30.6 Å². The van der Waals surface area contributed by atoms with E-state index in [4.69, 9.17) is 4.74 Å². The van der Waals surface area contributed by atoms with Gasteiger partial charge in [0.25, 0.3) is 0 Å². The first-order valence-electron chi connectivity index (χ1n) is 10.7. The minimum Gasteiger partial charge on any atom is -0.497 e. The first-order valence-corrected chi connectivity index (χ1v) is 10.7. The van der Waals surface area contributed by atoms with Crippen molar-refractivity contribution in [2.75, 3.05) is 12.4 Å². The van der Waals surface area contributed by atoms with Crippen molar-refractivity contribution in [3.63, 3.8) is 0 Å². The molecule has 2 heterocycles. The Morgan fingerprint density at radius 3 is 2.53 bits per heavy atom. The maximum absolute atomic E-state index is 13.4. The van der Waals surface area contributed by atoms with Crippen molar-refractivity contribution < 1.29 is 17.9 Å². The molecule has 0 amide bonds. The van der Waals surface area contributed by atoms with Gasteiger partial charge in [-0.3, -0.25) is 5.43 Å². The predicted octanol–water partition coefficient (Wildman–Crippen LogP) is 4.46. The number of nitrogens with zero attached hydrogens (tertiary/aromatic N) is 2. The summed E-state index contributed by atoms with van der Waals surface area (Å²) in [5, 5.41) is 3.91. The lowest BCUT2D eigenvalue weighted by atomic mass is 9.77. The molecule has 2 aliphatic rings. The number of benzene rings is 2. The Labute approximate surface area is 183 Å². The average molecular weight is 443 g/mol. The Morgan fingerprint density at radius 2 is 1.78 bits per heavy atom. The molecule has 0 bridgehead atoms. The zero-order valence-electron chi connectivity index (χ0n) is 17.5. The summed E-state index contributed by atoms with van der Waals surface area (Å²) in [4.78, 5) is 7.57. The zero-order valence-corrected chi connectivity index (χ0v) is 17.5. The average Bonchev–Trinajstić information content (AvgIpc) is 3.22. The summed E-state index contributed by atoms with van der Waals surface area (Å²) >= 11 is 0. The number of hydrazine groups is 1. The van der Waals surface area contributed by atoms with Gasteiger partial charge in [-0.15, -0.1) is 0 Å². The van der Waals surface area contributed by atoms with E-state index in [2.05, 4.69) is 26.1 Å². The second-order valence-corrected chi connectivity index (χ2v) is 8.37. The number of ether oxygens (including phenoxy) is 1. The Balaban J connectivity index is 1.39. The zero-order chi connectivity index (χ0) is 22.3. The number of halogens is 3. The van der Waals surface area contributed by atoms with Crippen LogP contribution in [0.5, 0.6) is 5.75 Å². The molecule has 6 nitrogen and oxygen atoms in total. The number of aromatic nitrogens is 2. The summed E-state index contributed by atoms with van der Waals surface area (Å²) in [5.41, 5.74) is 8.23. The molecule has 4 unspecified atom stereocenters. The standard InChI is InChI=1S/C23H24F3N5O/c1-32-15-9-6-13(7-10-15)20-17-12-14(8-11-19(17)30-31-20)27-21-16-4-2-3-5-18(16)28-22(29-21)23(24,25)26/h2-7,9-10,14,17,19-20,30-31H,8,11-12H2,1H3,(H,27,28,29). The van der Waals surface area contributed by atoms with Crippen molar-refractivity contribution in [2.45, 2.75) is 43.6 Å². The van der Waals surface area contributed by atoms with Crippen LogP contribution < -0.4 is 20.9 Å². The van der Waals surface area contributed by atoms with Crippen LogP contribution in [-0.2, 0) is 6.18 Å². The SMILES string of the molecule is COc1ccc(C2NNC3CCC(Nc4nc(C(F)(F)F)nc5ccccc45)CC32)cc1. The van der Waals surface area contributed by atoms with Gasteiger partial charge in [0.15, 0.2) is 0 Å². The van der Waals surface area contributed by atoms with Crippen LogP contribution in [-0.4, -0.2) is 29.2 Å². The van der Waals surface area contributed by atoms with Crippen molar-refractivity contribution in [3.05, 3.63) is 59.9 Å². The Bertz CT molecular complexity index is 1100. The van der Waals surface area contributed by atoms with Crippen LogP contribution in [0.3, 0.4) is 0 Å².